The number of nitrogens with zero attached hydrogens (tertiary/aromatic N) is 4. The van der Waals surface area contributed by atoms with Crippen LogP contribution in [0.25, 0.3) is 11.0 Å². The third kappa shape index (κ3) is 5.95. The summed E-state index contributed by atoms with van der Waals surface area (Å²) in [5, 5.41) is 16.3. The van der Waals surface area contributed by atoms with Gasteiger partial charge in [-0.2, -0.15) is 0 Å². The monoisotopic (exact) mass is 540 g/mol. The Morgan fingerprint density at radius 3 is 2.97 bits per heavy atom. The predicted molar refractivity (Wildman–Crippen MR) is 141 cm³/mol. The van der Waals surface area contributed by atoms with Crippen LogP contribution in [0.2, 0.25) is 5.02 Å². The van der Waals surface area contributed by atoms with Gasteiger partial charge in [-0.25, -0.2) is 9.97 Å². The summed E-state index contributed by atoms with van der Waals surface area (Å²) < 4.78 is 10.6. The number of amides is 1. The minimum absolute atomic E-state index is 0.0107. The minimum Gasteiger partial charge on any atom is -0.481 e. The molecule has 2 atom stereocenters. The fourth-order valence-electron chi connectivity index (χ4n) is 5.05. The van der Waals surface area contributed by atoms with Crippen molar-refractivity contribution >= 4 is 40.3 Å². The van der Waals surface area contributed by atoms with Crippen LogP contribution >= 0.6 is 11.6 Å². The highest BCUT2D eigenvalue weighted by molar-refractivity contribution is 6.32. The zero-order valence-electron chi connectivity index (χ0n) is 20.9. The lowest BCUT2D eigenvalue weighted by Crippen LogP contribution is -2.52. The number of rotatable bonds is 9. The third-order valence-electron chi connectivity index (χ3n) is 6.94. The van der Waals surface area contributed by atoms with Crippen LogP contribution in [0.15, 0.2) is 30.5 Å². The van der Waals surface area contributed by atoms with Crippen molar-refractivity contribution in [2.24, 2.45) is 0 Å². The number of piperidine rings is 1. The number of hydrogen-bond acceptors (Lipinski definition) is 9. The molecule has 1 fully saturated rings. The topological polar surface area (TPSA) is 139 Å². The average Bonchev–Trinajstić information content (AvgIpc) is 2.91. The molecule has 2 aliphatic rings. The Kier molecular flexibility index (Phi) is 7.87. The molecule has 0 spiro atoms. The number of aliphatic carboxylic acids is 1. The number of carboxylic acids is 1. The van der Waals surface area contributed by atoms with E-state index in [2.05, 4.69) is 25.6 Å². The number of nitrogens with one attached hydrogen (secondary N) is 2. The number of anilines is 1. The number of hydrogen-bond donors (Lipinski definition) is 3. The Bertz CT molecular complexity index is 1360. The van der Waals surface area contributed by atoms with Crippen LogP contribution in [0.4, 0.5) is 5.82 Å². The van der Waals surface area contributed by atoms with Gasteiger partial charge in [-0.05, 0) is 43.9 Å². The van der Waals surface area contributed by atoms with E-state index in [0.717, 1.165) is 36.0 Å². The molecule has 5 rings (SSSR count). The highest BCUT2D eigenvalue weighted by atomic mass is 35.5. The maximum atomic E-state index is 11.7. The molecule has 3 aromatic heterocycles. The maximum Gasteiger partial charge on any atom is 0.317 e. The van der Waals surface area contributed by atoms with Crippen molar-refractivity contribution < 1.29 is 24.2 Å². The van der Waals surface area contributed by atoms with E-state index < -0.39 is 5.97 Å². The summed E-state index contributed by atoms with van der Waals surface area (Å²) in [7, 11) is 1.57. The molecule has 0 aliphatic carbocycles. The smallest absolute Gasteiger partial charge is 0.317 e. The summed E-state index contributed by atoms with van der Waals surface area (Å²) in [6.45, 7) is 1.04. The maximum absolute atomic E-state index is 11.7. The summed E-state index contributed by atoms with van der Waals surface area (Å²) in [6, 6.07) is 7.46. The first-order valence-corrected chi connectivity index (χ1v) is 12.9. The largest absolute Gasteiger partial charge is 0.481 e. The van der Waals surface area contributed by atoms with E-state index in [9.17, 15) is 14.7 Å². The van der Waals surface area contributed by atoms with Gasteiger partial charge >= 0.3 is 5.97 Å². The Hall–Kier alpha value is -3.54. The van der Waals surface area contributed by atoms with E-state index in [4.69, 9.17) is 21.1 Å². The Morgan fingerprint density at radius 1 is 1.29 bits per heavy atom. The second-order valence-corrected chi connectivity index (χ2v) is 9.87. The van der Waals surface area contributed by atoms with Crippen LogP contribution in [-0.2, 0) is 22.6 Å². The van der Waals surface area contributed by atoms with Gasteiger partial charge in [-0.15, -0.1) is 0 Å². The molecular weight excluding hydrogens is 512 g/mol. The van der Waals surface area contributed by atoms with Crippen molar-refractivity contribution in [3.63, 3.8) is 0 Å². The molecule has 1 amide bonds. The molecule has 0 radical (unpaired) electrons. The van der Waals surface area contributed by atoms with Crippen molar-refractivity contribution in [2.75, 3.05) is 32.1 Å². The number of aromatic nitrogens is 3. The molecule has 38 heavy (non-hydrogen) atoms. The number of halogens is 1. The number of pyridine rings is 3. The molecule has 200 valence electrons. The van der Waals surface area contributed by atoms with Crippen LogP contribution in [0.5, 0.6) is 11.6 Å². The molecule has 3 N–H and O–H groups in total. The van der Waals surface area contributed by atoms with Gasteiger partial charge in [0.05, 0.1) is 35.4 Å². The normalized spacial score (nSPS) is 19.5. The number of aryl methyl sites for hydroxylation is 1. The molecule has 2 aliphatic heterocycles. The van der Waals surface area contributed by atoms with Gasteiger partial charge in [0.15, 0.2) is 18.2 Å². The minimum atomic E-state index is -0.860. The molecule has 3 aromatic rings. The SMILES string of the molecule is COc1ccc2ncc(Cl)c(CC[C@H]3CC[C@H](NCc4ccc5c(n4)NC(=O)CO5)CN3CC(=O)O)c2n1. The van der Waals surface area contributed by atoms with Crippen LogP contribution in [0.1, 0.15) is 30.5 Å². The number of likely N-dealkylation sites (tertiary alicyclic amines) is 1. The number of ether oxygens (including phenoxy) is 2. The van der Waals surface area contributed by atoms with Gasteiger partial charge in [0.2, 0.25) is 5.88 Å². The molecule has 0 aromatic carbocycles. The van der Waals surface area contributed by atoms with E-state index in [0.29, 0.717) is 47.5 Å². The number of methoxy groups -OCH3 is 1. The third-order valence-corrected chi connectivity index (χ3v) is 7.26. The molecule has 1 saturated heterocycles. The zero-order chi connectivity index (χ0) is 26.6. The van der Waals surface area contributed by atoms with E-state index in [-0.39, 0.29) is 31.1 Å². The fourth-order valence-corrected chi connectivity index (χ4v) is 5.28. The fraction of sp³-hybridized carbons (Fsp3) is 0.423. The molecule has 11 nitrogen and oxygen atoms in total. The summed E-state index contributed by atoms with van der Waals surface area (Å²) in [6.07, 6.45) is 4.75. The van der Waals surface area contributed by atoms with E-state index in [1.165, 1.54) is 0 Å². The van der Waals surface area contributed by atoms with Gasteiger partial charge in [0.25, 0.3) is 5.91 Å². The highest BCUT2D eigenvalue weighted by Gasteiger charge is 2.30. The van der Waals surface area contributed by atoms with Gasteiger partial charge < -0.3 is 25.2 Å². The van der Waals surface area contributed by atoms with Crippen LogP contribution in [0.3, 0.4) is 0 Å². The quantitative estimate of drug-likeness (QED) is 0.371. The second kappa shape index (κ2) is 11.5. The van der Waals surface area contributed by atoms with Gasteiger partial charge in [-0.1, -0.05) is 11.6 Å². The van der Waals surface area contributed by atoms with Crippen molar-refractivity contribution in [2.45, 2.75) is 44.3 Å². The lowest BCUT2D eigenvalue weighted by molar-refractivity contribution is -0.139. The first-order valence-electron chi connectivity index (χ1n) is 12.5. The first kappa shape index (κ1) is 26.1. The molecule has 5 heterocycles. The summed E-state index contributed by atoms with van der Waals surface area (Å²) in [4.78, 5) is 38.7. The lowest BCUT2D eigenvalue weighted by Gasteiger charge is -2.39. The van der Waals surface area contributed by atoms with Crippen molar-refractivity contribution in [1.29, 1.82) is 0 Å². The Balaban J connectivity index is 1.23. The van der Waals surface area contributed by atoms with Crippen molar-refractivity contribution in [3.05, 3.63) is 46.7 Å². The highest BCUT2D eigenvalue weighted by Crippen LogP contribution is 2.29. The van der Waals surface area contributed by atoms with Gasteiger partial charge in [0.1, 0.15) is 0 Å². The van der Waals surface area contributed by atoms with Crippen LogP contribution in [0, 0.1) is 0 Å². The van der Waals surface area contributed by atoms with Crippen LogP contribution in [-0.4, -0.2) is 75.7 Å². The second-order valence-electron chi connectivity index (χ2n) is 9.46. The lowest BCUT2D eigenvalue weighted by atomic mass is 9.93. The summed E-state index contributed by atoms with van der Waals surface area (Å²) >= 11 is 6.51. The zero-order valence-corrected chi connectivity index (χ0v) is 21.7. The Labute approximate surface area is 224 Å². The van der Waals surface area contributed by atoms with Crippen LogP contribution < -0.4 is 20.1 Å². The standard InChI is InChI=1S/C26H29ClN6O5/c1-37-23-9-7-20-25(32-23)18(19(27)11-29-20)6-5-17-4-2-16(12-33(17)13-24(35)36)28-10-15-3-8-21-26(30-15)31-22(34)14-38-21/h3,7-9,11,16-17,28H,2,4-6,10,12-14H2,1H3,(H,35,36)(H,30,31,34)/t16-,17+/m0/s1. The van der Waals surface area contributed by atoms with E-state index in [1.54, 1.807) is 25.4 Å². The number of carbonyl (C=O) groups excluding carboxylic acids is 1. The van der Waals surface area contributed by atoms with Crippen molar-refractivity contribution in [1.82, 2.24) is 25.2 Å². The average molecular weight is 541 g/mol. The summed E-state index contributed by atoms with van der Waals surface area (Å²) in [5.74, 6) is 0.379. The summed E-state index contributed by atoms with van der Waals surface area (Å²) in [5.41, 5.74) is 3.10. The van der Waals surface area contributed by atoms with Gasteiger partial charge in [0, 0.05) is 43.0 Å². The molecule has 0 bridgehead atoms. The molecular formula is C26H29ClN6O5. The number of fused-ring (bicyclic) bond motifs is 2. The van der Waals surface area contributed by atoms with Gasteiger partial charge in [-0.3, -0.25) is 19.5 Å². The van der Waals surface area contributed by atoms with E-state index >= 15 is 0 Å². The molecule has 0 unspecified atom stereocenters. The number of carboxylic acid groups (broad SMARTS) is 1. The van der Waals surface area contributed by atoms with E-state index in [1.807, 2.05) is 17.0 Å². The Morgan fingerprint density at radius 2 is 2.16 bits per heavy atom. The predicted octanol–water partition coefficient (Wildman–Crippen LogP) is 2.66. The number of carbonyl (C=O) groups is 2. The first-order chi connectivity index (χ1) is 18.4. The molecule has 12 heteroatoms. The van der Waals surface area contributed by atoms with Crippen molar-refractivity contribution in [3.8, 4) is 11.6 Å². The molecule has 0 saturated carbocycles.